The van der Waals surface area contributed by atoms with Crippen LogP contribution < -0.4 is 5.32 Å². The third-order valence-electron chi connectivity index (χ3n) is 5.00. The van der Waals surface area contributed by atoms with Crippen molar-refractivity contribution in [2.45, 2.75) is 46.5 Å². The first-order valence-electron chi connectivity index (χ1n) is 9.05. The number of benzene rings is 1. The third-order valence-corrected chi connectivity index (χ3v) is 5.00. The summed E-state index contributed by atoms with van der Waals surface area (Å²) >= 11 is 0. The van der Waals surface area contributed by atoms with E-state index in [1.54, 1.807) is 13.8 Å². The first-order valence-corrected chi connectivity index (χ1v) is 9.05. The van der Waals surface area contributed by atoms with Gasteiger partial charge in [-0.25, -0.2) is 4.68 Å². The molecule has 3 rings (SSSR count). The first kappa shape index (κ1) is 18.2. The largest absolute Gasteiger partial charge is 0.481 e. The minimum Gasteiger partial charge on any atom is -0.481 e. The van der Waals surface area contributed by atoms with Gasteiger partial charge in [-0.05, 0) is 57.2 Å². The van der Waals surface area contributed by atoms with Crippen molar-refractivity contribution >= 4 is 11.9 Å². The predicted molar refractivity (Wildman–Crippen MR) is 98.7 cm³/mol. The fraction of sp³-hybridized carbons (Fsp3) is 0.450. The zero-order chi connectivity index (χ0) is 18.9. The second kappa shape index (κ2) is 6.94. The molecule has 0 aliphatic heterocycles. The van der Waals surface area contributed by atoms with Crippen molar-refractivity contribution in [2.75, 3.05) is 6.54 Å². The lowest BCUT2D eigenvalue weighted by Crippen LogP contribution is -2.39. The van der Waals surface area contributed by atoms with Gasteiger partial charge in [0.25, 0.3) is 5.91 Å². The van der Waals surface area contributed by atoms with Crippen LogP contribution in [0.3, 0.4) is 0 Å². The van der Waals surface area contributed by atoms with Crippen molar-refractivity contribution < 1.29 is 14.7 Å². The molecule has 6 heteroatoms. The van der Waals surface area contributed by atoms with Crippen molar-refractivity contribution in [1.82, 2.24) is 15.1 Å². The molecule has 1 aromatic heterocycles. The van der Waals surface area contributed by atoms with Crippen LogP contribution in [0.25, 0.3) is 5.69 Å². The van der Waals surface area contributed by atoms with E-state index in [9.17, 15) is 14.7 Å². The van der Waals surface area contributed by atoms with E-state index < -0.39 is 11.4 Å². The SMILES string of the molecule is CCc1ccc(-n2nc(C(=O)NCC(C)(C)C(=O)O)c3c2CCC3)cc1. The molecule has 0 unspecified atom stereocenters. The average molecular weight is 355 g/mol. The van der Waals surface area contributed by atoms with E-state index in [2.05, 4.69) is 29.5 Å². The summed E-state index contributed by atoms with van der Waals surface area (Å²) in [5, 5.41) is 16.5. The number of fused-ring (bicyclic) bond motifs is 1. The van der Waals surface area contributed by atoms with E-state index in [4.69, 9.17) is 0 Å². The van der Waals surface area contributed by atoms with Crippen LogP contribution in [0.1, 0.15) is 54.5 Å². The molecule has 1 aliphatic carbocycles. The molecule has 26 heavy (non-hydrogen) atoms. The van der Waals surface area contributed by atoms with Gasteiger partial charge in [0.05, 0.1) is 11.1 Å². The highest BCUT2D eigenvalue weighted by Gasteiger charge is 2.30. The molecule has 2 N–H and O–H groups in total. The summed E-state index contributed by atoms with van der Waals surface area (Å²) in [6, 6.07) is 8.21. The van der Waals surface area contributed by atoms with E-state index in [1.165, 1.54) is 5.56 Å². The van der Waals surface area contributed by atoms with Gasteiger partial charge >= 0.3 is 5.97 Å². The molecule has 1 amide bonds. The van der Waals surface area contributed by atoms with E-state index in [0.29, 0.717) is 5.69 Å². The Morgan fingerprint density at radius 1 is 1.23 bits per heavy atom. The van der Waals surface area contributed by atoms with Crippen LogP contribution in [-0.2, 0) is 24.1 Å². The van der Waals surface area contributed by atoms with Crippen molar-refractivity contribution in [2.24, 2.45) is 5.41 Å². The monoisotopic (exact) mass is 355 g/mol. The number of hydrogen-bond acceptors (Lipinski definition) is 3. The number of aromatic nitrogens is 2. The maximum atomic E-state index is 12.6. The fourth-order valence-corrected chi connectivity index (χ4v) is 3.17. The molecule has 138 valence electrons. The van der Waals surface area contributed by atoms with Gasteiger partial charge in [0, 0.05) is 17.8 Å². The number of aryl methyl sites for hydroxylation is 1. The molecule has 0 saturated carbocycles. The zero-order valence-corrected chi connectivity index (χ0v) is 15.5. The summed E-state index contributed by atoms with van der Waals surface area (Å²) < 4.78 is 1.86. The molecule has 0 spiro atoms. The molecule has 2 aromatic rings. The second-order valence-corrected chi connectivity index (χ2v) is 7.43. The molecule has 1 aliphatic rings. The molecule has 6 nitrogen and oxygen atoms in total. The minimum absolute atomic E-state index is 0.0635. The number of carboxylic acid groups (broad SMARTS) is 1. The third kappa shape index (κ3) is 3.36. The molecule has 0 bridgehead atoms. The standard InChI is InChI=1S/C20H25N3O3/c1-4-13-8-10-14(11-9-13)23-16-7-5-6-15(16)17(22-23)18(24)21-12-20(2,3)19(25)26/h8-11H,4-7,12H2,1-3H3,(H,21,24)(H,25,26). The second-order valence-electron chi connectivity index (χ2n) is 7.43. The van der Waals surface area contributed by atoms with Gasteiger partial charge in [0.1, 0.15) is 0 Å². The van der Waals surface area contributed by atoms with Gasteiger partial charge in [-0.2, -0.15) is 5.10 Å². The Hall–Kier alpha value is -2.63. The Kier molecular flexibility index (Phi) is 4.85. The summed E-state index contributed by atoms with van der Waals surface area (Å²) in [5.41, 5.74) is 3.67. The van der Waals surface area contributed by atoms with Crippen molar-refractivity contribution in [1.29, 1.82) is 0 Å². The first-order chi connectivity index (χ1) is 12.3. The molecule has 0 radical (unpaired) electrons. The van der Waals surface area contributed by atoms with E-state index in [0.717, 1.165) is 42.6 Å². The van der Waals surface area contributed by atoms with Gasteiger partial charge < -0.3 is 10.4 Å². The van der Waals surface area contributed by atoms with E-state index in [-0.39, 0.29) is 12.5 Å². The maximum absolute atomic E-state index is 12.6. The molecule has 1 aromatic carbocycles. The maximum Gasteiger partial charge on any atom is 0.310 e. The smallest absolute Gasteiger partial charge is 0.310 e. The normalized spacial score (nSPS) is 13.5. The number of nitrogens with one attached hydrogen (secondary N) is 1. The summed E-state index contributed by atoms with van der Waals surface area (Å²) in [6.07, 6.45) is 3.70. The summed E-state index contributed by atoms with van der Waals surface area (Å²) in [5.74, 6) is -1.24. The van der Waals surface area contributed by atoms with E-state index in [1.807, 2.05) is 16.8 Å². The number of hydrogen-bond donors (Lipinski definition) is 2. The lowest BCUT2D eigenvalue weighted by Gasteiger charge is -2.19. The Balaban J connectivity index is 1.87. The Morgan fingerprint density at radius 3 is 2.54 bits per heavy atom. The summed E-state index contributed by atoms with van der Waals surface area (Å²) in [6.45, 7) is 5.36. The number of aliphatic carboxylic acids is 1. The summed E-state index contributed by atoms with van der Waals surface area (Å²) in [4.78, 5) is 23.9. The van der Waals surface area contributed by atoms with E-state index >= 15 is 0 Å². The zero-order valence-electron chi connectivity index (χ0n) is 15.5. The topological polar surface area (TPSA) is 84.2 Å². The molecule has 0 atom stereocenters. The van der Waals surface area contributed by atoms with Crippen LogP contribution in [0, 0.1) is 5.41 Å². The van der Waals surface area contributed by atoms with Gasteiger partial charge in [-0.15, -0.1) is 0 Å². The molecular weight excluding hydrogens is 330 g/mol. The molecular formula is C20H25N3O3. The molecule has 1 heterocycles. The lowest BCUT2D eigenvalue weighted by molar-refractivity contribution is -0.146. The van der Waals surface area contributed by atoms with Crippen molar-refractivity contribution in [3.05, 3.63) is 46.8 Å². The van der Waals surface area contributed by atoms with Crippen LogP contribution in [0.15, 0.2) is 24.3 Å². The number of nitrogens with zero attached hydrogens (tertiary/aromatic N) is 2. The number of rotatable bonds is 6. The predicted octanol–water partition coefficient (Wildman–Crippen LogP) is 2.76. The highest BCUT2D eigenvalue weighted by molar-refractivity contribution is 5.94. The van der Waals surface area contributed by atoms with Crippen LogP contribution in [-0.4, -0.2) is 33.3 Å². The lowest BCUT2D eigenvalue weighted by atomic mass is 9.94. The Labute approximate surface area is 153 Å². The van der Waals surface area contributed by atoms with Gasteiger partial charge in [0.15, 0.2) is 5.69 Å². The van der Waals surface area contributed by atoms with Crippen LogP contribution in [0.4, 0.5) is 0 Å². The van der Waals surface area contributed by atoms with Crippen molar-refractivity contribution in [3.8, 4) is 5.69 Å². The van der Waals surface area contributed by atoms with Gasteiger partial charge in [-0.1, -0.05) is 19.1 Å². The highest BCUT2D eigenvalue weighted by atomic mass is 16.4. The molecule has 0 fully saturated rings. The number of carbonyl (C=O) groups excluding carboxylic acids is 1. The average Bonchev–Trinajstić information content (AvgIpc) is 3.22. The number of amides is 1. The number of carboxylic acids is 1. The van der Waals surface area contributed by atoms with Crippen LogP contribution >= 0.6 is 0 Å². The van der Waals surface area contributed by atoms with Gasteiger partial charge in [-0.3, -0.25) is 9.59 Å². The number of carbonyl (C=O) groups is 2. The molecule has 0 saturated heterocycles. The van der Waals surface area contributed by atoms with Gasteiger partial charge in [0.2, 0.25) is 0 Å². The fourth-order valence-electron chi connectivity index (χ4n) is 3.17. The van der Waals surface area contributed by atoms with Crippen LogP contribution in [0.2, 0.25) is 0 Å². The van der Waals surface area contributed by atoms with Crippen LogP contribution in [0.5, 0.6) is 0 Å². The summed E-state index contributed by atoms with van der Waals surface area (Å²) in [7, 11) is 0. The quantitative estimate of drug-likeness (QED) is 0.834. The Bertz CT molecular complexity index is 835. The highest BCUT2D eigenvalue weighted by Crippen LogP contribution is 2.28. The Morgan fingerprint density at radius 2 is 1.92 bits per heavy atom. The van der Waals surface area contributed by atoms with Crippen molar-refractivity contribution in [3.63, 3.8) is 0 Å². The minimum atomic E-state index is -1.02.